The Hall–Kier alpha value is -2.36. The first-order chi connectivity index (χ1) is 9.65. The zero-order valence-electron chi connectivity index (χ0n) is 12.2. The van der Waals surface area contributed by atoms with E-state index < -0.39 is 0 Å². The van der Waals surface area contributed by atoms with Gasteiger partial charge in [0.05, 0.1) is 0 Å². The number of benzene rings is 1. The van der Waals surface area contributed by atoms with Crippen LogP contribution in [0.1, 0.15) is 23.9 Å². The number of para-hydroxylation sites is 1. The fourth-order valence-corrected chi connectivity index (χ4v) is 1.98. The normalized spacial score (nSPS) is 10.2. The van der Waals surface area contributed by atoms with Crippen LogP contribution in [0.3, 0.4) is 0 Å². The van der Waals surface area contributed by atoms with E-state index in [1.165, 1.54) is 0 Å². The SMILES string of the molecule is C=C(NC)c1ccccc1Nc1nc(C)ncc1CC. The molecule has 0 saturated carbocycles. The molecule has 0 spiro atoms. The molecule has 0 unspecified atom stereocenters. The Morgan fingerprint density at radius 1 is 1.30 bits per heavy atom. The molecule has 104 valence electrons. The standard InChI is InChI=1S/C16H20N4/c1-5-13-10-18-12(3)19-16(13)20-15-9-7-6-8-14(15)11(2)17-4/h6-10,17H,2,5H2,1,3-4H3,(H,18,19,20). The maximum absolute atomic E-state index is 4.49. The molecule has 0 aliphatic carbocycles. The topological polar surface area (TPSA) is 49.8 Å². The zero-order valence-corrected chi connectivity index (χ0v) is 12.2. The molecule has 4 heteroatoms. The van der Waals surface area contributed by atoms with Crippen molar-refractivity contribution in [2.45, 2.75) is 20.3 Å². The van der Waals surface area contributed by atoms with Crippen LogP contribution in [-0.2, 0) is 6.42 Å². The van der Waals surface area contributed by atoms with Gasteiger partial charge in [-0.25, -0.2) is 9.97 Å². The van der Waals surface area contributed by atoms with Crippen LogP contribution in [-0.4, -0.2) is 17.0 Å². The molecule has 0 aliphatic heterocycles. The van der Waals surface area contributed by atoms with Gasteiger partial charge in [0, 0.05) is 35.8 Å². The van der Waals surface area contributed by atoms with Crippen molar-refractivity contribution in [2.75, 3.05) is 12.4 Å². The summed E-state index contributed by atoms with van der Waals surface area (Å²) < 4.78 is 0. The Morgan fingerprint density at radius 3 is 2.75 bits per heavy atom. The predicted octanol–water partition coefficient (Wildman–Crippen LogP) is 3.28. The van der Waals surface area contributed by atoms with Gasteiger partial charge in [-0.15, -0.1) is 0 Å². The van der Waals surface area contributed by atoms with Gasteiger partial charge in [-0.05, 0) is 19.4 Å². The fourth-order valence-electron chi connectivity index (χ4n) is 1.98. The predicted molar refractivity (Wildman–Crippen MR) is 84.0 cm³/mol. The van der Waals surface area contributed by atoms with E-state index in [9.17, 15) is 0 Å². The molecule has 2 rings (SSSR count). The molecule has 20 heavy (non-hydrogen) atoms. The molecule has 0 saturated heterocycles. The van der Waals surface area contributed by atoms with Gasteiger partial charge in [-0.1, -0.05) is 31.7 Å². The van der Waals surface area contributed by atoms with Crippen LogP contribution in [0.4, 0.5) is 11.5 Å². The number of nitrogens with one attached hydrogen (secondary N) is 2. The summed E-state index contributed by atoms with van der Waals surface area (Å²) in [6, 6.07) is 8.04. The van der Waals surface area contributed by atoms with Crippen molar-refractivity contribution in [3.05, 3.63) is 54.0 Å². The summed E-state index contributed by atoms with van der Waals surface area (Å²) in [5.74, 6) is 1.62. The Kier molecular flexibility index (Phi) is 4.35. The highest BCUT2D eigenvalue weighted by Gasteiger charge is 2.08. The molecule has 1 heterocycles. The Labute approximate surface area is 120 Å². The van der Waals surface area contributed by atoms with Crippen LogP contribution in [0.25, 0.3) is 5.70 Å². The van der Waals surface area contributed by atoms with Gasteiger partial charge >= 0.3 is 0 Å². The summed E-state index contributed by atoms with van der Waals surface area (Å²) in [7, 11) is 1.87. The van der Waals surface area contributed by atoms with Gasteiger partial charge in [0.15, 0.2) is 0 Å². The monoisotopic (exact) mass is 268 g/mol. The number of rotatable bonds is 5. The lowest BCUT2D eigenvalue weighted by Gasteiger charge is -2.15. The fraction of sp³-hybridized carbons (Fsp3) is 0.250. The van der Waals surface area contributed by atoms with Crippen molar-refractivity contribution in [3.8, 4) is 0 Å². The third-order valence-corrected chi connectivity index (χ3v) is 3.17. The lowest BCUT2D eigenvalue weighted by atomic mass is 10.1. The van der Waals surface area contributed by atoms with Crippen LogP contribution < -0.4 is 10.6 Å². The quantitative estimate of drug-likeness (QED) is 0.873. The average Bonchev–Trinajstić information content (AvgIpc) is 2.47. The summed E-state index contributed by atoms with van der Waals surface area (Å²) in [6.45, 7) is 8.01. The van der Waals surface area contributed by atoms with Crippen LogP contribution >= 0.6 is 0 Å². The molecule has 1 aromatic heterocycles. The number of aryl methyl sites for hydroxylation is 2. The number of hydrogen-bond acceptors (Lipinski definition) is 4. The number of anilines is 2. The average molecular weight is 268 g/mol. The molecule has 4 nitrogen and oxygen atoms in total. The second kappa shape index (κ2) is 6.19. The minimum Gasteiger partial charge on any atom is -0.388 e. The van der Waals surface area contributed by atoms with Crippen molar-refractivity contribution < 1.29 is 0 Å². The molecule has 0 aliphatic rings. The van der Waals surface area contributed by atoms with Crippen molar-refractivity contribution in [1.29, 1.82) is 0 Å². The van der Waals surface area contributed by atoms with Crippen LogP contribution in [0.15, 0.2) is 37.0 Å². The smallest absolute Gasteiger partial charge is 0.137 e. The van der Waals surface area contributed by atoms with Crippen molar-refractivity contribution >= 4 is 17.2 Å². The highest BCUT2D eigenvalue weighted by Crippen LogP contribution is 2.25. The molecule has 0 bridgehead atoms. The molecular weight excluding hydrogens is 248 g/mol. The molecule has 2 aromatic rings. The Balaban J connectivity index is 2.40. The number of hydrogen-bond donors (Lipinski definition) is 2. The summed E-state index contributed by atoms with van der Waals surface area (Å²) >= 11 is 0. The van der Waals surface area contributed by atoms with Crippen molar-refractivity contribution in [3.63, 3.8) is 0 Å². The van der Waals surface area contributed by atoms with Crippen LogP contribution in [0.5, 0.6) is 0 Å². The highest BCUT2D eigenvalue weighted by molar-refractivity contribution is 5.77. The van der Waals surface area contributed by atoms with Gasteiger partial charge < -0.3 is 10.6 Å². The lowest BCUT2D eigenvalue weighted by Crippen LogP contribution is -2.07. The maximum Gasteiger partial charge on any atom is 0.137 e. The molecular formula is C16H20N4. The largest absolute Gasteiger partial charge is 0.388 e. The third kappa shape index (κ3) is 2.96. The van der Waals surface area contributed by atoms with Gasteiger partial charge in [-0.2, -0.15) is 0 Å². The van der Waals surface area contributed by atoms with Crippen molar-refractivity contribution in [2.24, 2.45) is 0 Å². The lowest BCUT2D eigenvalue weighted by molar-refractivity contribution is 0.995. The van der Waals surface area contributed by atoms with E-state index >= 15 is 0 Å². The van der Waals surface area contributed by atoms with E-state index in [4.69, 9.17) is 0 Å². The summed E-state index contributed by atoms with van der Waals surface area (Å²) in [5.41, 5.74) is 3.99. The Morgan fingerprint density at radius 2 is 2.05 bits per heavy atom. The minimum absolute atomic E-state index is 0.759. The van der Waals surface area contributed by atoms with E-state index in [2.05, 4.69) is 34.1 Å². The van der Waals surface area contributed by atoms with Crippen LogP contribution in [0, 0.1) is 6.92 Å². The molecule has 1 aromatic carbocycles. The maximum atomic E-state index is 4.49. The van der Waals surface area contributed by atoms with E-state index in [0.29, 0.717) is 0 Å². The third-order valence-electron chi connectivity index (χ3n) is 3.17. The molecule has 0 atom stereocenters. The van der Waals surface area contributed by atoms with Gasteiger partial charge in [0.1, 0.15) is 11.6 Å². The summed E-state index contributed by atoms with van der Waals surface area (Å²) in [6.07, 6.45) is 2.76. The summed E-state index contributed by atoms with van der Waals surface area (Å²) in [4.78, 5) is 8.74. The Bertz CT molecular complexity index is 620. The van der Waals surface area contributed by atoms with Crippen LogP contribution in [0.2, 0.25) is 0 Å². The second-order valence-corrected chi connectivity index (χ2v) is 4.54. The summed E-state index contributed by atoms with van der Waals surface area (Å²) in [5, 5.41) is 6.48. The second-order valence-electron chi connectivity index (χ2n) is 4.54. The van der Waals surface area contributed by atoms with Gasteiger partial charge in [0.25, 0.3) is 0 Å². The van der Waals surface area contributed by atoms with E-state index in [-0.39, 0.29) is 0 Å². The minimum atomic E-state index is 0.759. The first-order valence-electron chi connectivity index (χ1n) is 6.71. The van der Waals surface area contributed by atoms with Gasteiger partial charge in [-0.3, -0.25) is 0 Å². The van der Waals surface area contributed by atoms with E-state index in [1.54, 1.807) is 0 Å². The molecule has 2 N–H and O–H groups in total. The first kappa shape index (κ1) is 14.1. The van der Waals surface area contributed by atoms with Gasteiger partial charge in [0.2, 0.25) is 0 Å². The molecule has 0 amide bonds. The zero-order chi connectivity index (χ0) is 14.5. The van der Waals surface area contributed by atoms with Crippen molar-refractivity contribution in [1.82, 2.24) is 15.3 Å². The molecule has 0 radical (unpaired) electrons. The van der Waals surface area contributed by atoms with E-state index in [0.717, 1.165) is 40.6 Å². The first-order valence-corrected chi connectivity index (χ1v) is 6.71. The number of aromatic nitrogens is 2. The number of nitrogens with zero attached hydrogens (tertiary/aromatic N) is 2. The molecule has 0 fully saturated rings. The highest BCUT2D eigenvalue weighted by atomic mass is 15.0. The van der Waals surface area contributed by atoms with E-state index in [1.807, 2.05) is 44.4 Å².